The Morgan fingerprint density at radius 1 is 1.38 bits per heavy atom. The molecule has 1 aliphatic rings. The van der Waals surface area contributed by atoms with Gasteiger partial charge < -0.3 is 15.2 Å². The number of hydrogen-bond acceptors (Lipinski definition) is 5. The van der Waals surface area contributed by atoms with E-state index in [9.17, 15) is 9.59 Å². The molecule has 0 radical (unpaired) electrons. The molecule has 1 heterocycles. The van der Waals surface area contributed by atoms with Crippen LogP contribution in [0.5, 0.6) is 0 Å². The van der Waals surface area contributed by atoms with Crippen LogP contribution in [0.15, 0.2) is 18.3 Å². The molecule has 0 atom stereocenters. The number of carboxylic acid groups (broad SMARTS) is 1. The summed E-state index contributed by atoms with van der Waals surface area (Å²) in [6.45, 7) is 0.775. The third kappa shape index (κ3) is 4.18. The number of carboxylic acids is 1. The number of ether oxygens (including phenoxy) is 1. The number of carbonyl (C=O) groups is 2. The fraction of sp³-hybridized carbons (Fsp3) is 0.533. The molecule has 2 rings (SSSR count). The van der Waals surface area contributed by atoms with Crippen LogP contribution in [-0.4, -0.2) is 35.7 Å². The molecule has 6 heteroatoms. The molecule has 1 aromatic heterocycles. The molecule has 21 heavy (non-hydrogen) atoms. The van der Waals surface area contributed by atoms with Gasteiger partial charge in [0.2, 0.25) is 0 Å². The molecule has 1 aliphatic carbocycles. The minimum atomic E-state index is -0.682. The van der Waals surface area contributed by atoms with Crippen LogP contribution in [0.1, 0.15) is 36.2 Å². The smallest absolute Gasteiger partial charge is 0.356 e. The third-order valence-electron chi connectivity index (χ3n) is 3.95. The molecule has 0 aliphatic heterocycles. The summed E-state index contributed by atoms with van der Waals surface area (Å²) in [6.07, 6.45) is 4.88. The zero-order valence-corrected chi connectivity index (χ0v) is 12.0. The summed E-state index contributed by atoms with van der Waals surface area (Å²) in [5.74, 6) is -0.859. The molecule has 2 N–H and O–H groups in total. The highest BCUT2D eigenvalue weighted by molar-refractivity contribution is 5.88. The van der Waals surface area contributed by atoms with Crippen molar-refractivity contribution in [2.75, 3.05) is 19.0 Å². The third-order valence-corrected chi connectivity index (χ3v) is 3.95. The largest absolute Gasteiger partial charge is 0.481 e. The lowest BCUT2D eigenvalue weighted by Gasteiger charge is -2.26. The summed E-state index contributed by atoms with van der Waals surface area (Å²) in [6, 6.07) is 3.46. The van der Waals surface area contributed by atoms with E-state index in [1.54, 1.807) is 18.3 Å². The zero-order chi connectivity index (χ0) is 15.2. The van der Waals surface area contributed by atoms with Crippen molar-refractivity contribution in [2.24, 2.45) is 11.8 Å². The second-order valence-electron chi connectivity index (χ2n) is 5.36. The van der Waals surface area contributed by atoms with Gasteiger partial charge in [-0.3, -0.25) is 4.79 Å². The van der Waals surface area contributed by atoms with Crippen LogP contribution in [0.4, 0.5) is 5.69 Å². The molecule has 114 valence electrons. The number of hydrogen-bond donors (Lipinski definition) is 2. The van der Waals surface area contributed by atoms with Crippen molar-refractivity contribution in [3.8, 4) is 0 Å². The maximum atomic E-state index is 11.4. The molecule has 0 spiro atoms. The van der Waals surface area contributed by atoms with Crippen LogP contribution < -0.4 is 5.32 Å². The van der Waals surface area contributed by atoms with Gasteiger partial charge in [0.15, 0.2) is 0 Å². The monoisotopic (exact) mass is 292 g/mol. The normalized spacial score (nSPS) is 21.6. The van der Waals surface area contributed by atoms with E-state index in [1.807, 2.05) is 0 Å². The highest BCUT2D eigenvalue weighted by Gasteiger charge is 2.25. The molecule has 1 saturated carbocycles. The van der Waals surface area contributed by atoms with Crippen LogP contribution in [0, 0.1) is 11.8 Å². The van der Waals surface area contributed by atoms with Crippen LogP contribution in [-0.2, 0) is 9.53 Å². The van der Waals surface area contributed by atoms with Crippen molar-refractivity contribution in [1.29, 1.82) is 0 Å². The molecule has 0 aromatic carbocycles. The van der Waals surface area contributed by atoms with Crippen LogP contribution in [0.3, 0.4) is 0 Å². The topological polar surface area (TPSA) is 88.5 Å². The van der Waals surface area contributed by atoms with Gasteiger partial charge in [-0.05, 0) is 43.7 Å². The fourth-order valence-corrected chi connectivity index (χ4v) is 2.63. The van der Waals surface area contributed by atoms with Gasteiger partial charge in [-0.15, -0.1) is 0 Å². The molecular formula is C15H20N2O4. The average Bonchev–Trinajstić information content (AvgIpc) is 2.52. The van der Waals surface area contributed by atoms with Gasteiger partial charge in [0, 0.05) is 18.4 Å². The Morgan fingerprint density at radius 3 is 2.71 bits per heavy atom. The molecule has 6 nitrogen and oxygen atoms in total. The average molecular weight is 292 g/mol. The summed E-state index contributed by atoms with van der Waals surface area (Å²) >= 11 is 0. The summed E-state index contributed by atoms with van der Waals surface area (Å²) in [5, 5.41) is 12.3. The predicted molar refractivity (Wildman–Crippen MR) is 77.2 cm³/mol. The van der Waals surface area contributed by atoms with Crippen molar-refractivity contribution in [3.63, 3.8) is 0 Å². The van der Waals surface area contributed by atoms with Crippen molar-refractivity contribution in [2.45, 2.75) is 25.7 Å². The number of aromatic nitrogens is 1. The van der Waals surface area contributed by atoms with Crippen molar-refractivity contribution >= 4 is 17.6 Å². The number of carbonyl (C=O) groups excluding carboxylic acids is 1. The summed E-state index contributed by atoms with van der Waals surface area (Å²) in [5.41, 5.74) is 1.10. The summed E-state index contributed by atoms with van der Waals surface area (Å²) in [7, 11) is 1.32. The first-order valence-corrected chi connectivity index (χ1v) is 7.11. The minimum Gasteiger partial charge on any atom is -0.481 e. The van der Waals surface area contributed by atoms with Gasteiger partial charge in [0.1, 0.15) is 5.69 Å². The van der Waals surface area contributed by atoms with E-state index in [1.165, 1.54) is 7.11 Å². The first kappa shape index (κ1) is 15.3. The highest BCUT2D eigenvalue weighted by Crippen LogP contribution is 2.29. The maximum Gasteiger partial charge on any atom is 0.356 e. The minimum absolute atomic E-state index is 0.187. The number of nitrogens with zero attached hydrogens (tertiary/aromatic N) is 1. The standard InChI is InChI=1S/C15H20N2O4/c1-21-15(20)13-8-12(6-7-16-13)17-9-10-2-4-11(5-3-10)14(18)19/h6-8,10-11H,2-5,9H2,1H3,(H,16,17)(H,18,19). The number of pyridine rings is 1. The lowest BCUT2D eigenvalue weighted by Crippen LogP contribution is -2.25. The number of nitrogens with one attached hydrogen (secondary N) is 1. The maximum absolute atomic E-state index is 11.4. The Labute approximate surface area is 123 Å². The Morgan fingerprint density at radius 2 is 2.10 bits per heavy atom. The number of methoxy groups -OCH3 is 1. The number of rotatable bonds is 5. The highest BCUT2D eigenvalue weighted by atomic mass is 16.5. The SMILES string of the molecule is COC(=O)c1cc(NCC2CCC(C(=O)O)CC2)ccn1. The van der Waals surface area contributed by atoms with E-state index in [-0.39, 0.29) is 11.6 Å². The predicted octanol–water partition coefficient (Wildman–Crippen LogP) is 2.17. The Hall–Kier alpha value is -2.11. The van der Waals surface area contributed by atoms with Crippen LogP contribution >= 0.6 is 0 Å². The second kappa shape index (κ2) is 7.06. The van der Waals surface area contributed by atoms with E-state index in [0.717, 1.165) is 37.9 Å². The van der Waals surface area contributed by atoms with Gasteiger partial charge in [-0.25, -0.2) is 9.78 Å². The Bertz CT molecular complexity index is 510. The van der Waals surface area contributed by atoms with Gasteiger partial charge in [-0.2, -0.15) is 0 Å². The summed E-state index contributed by atoms with van der Waals surface area (Å²) in [4.78, 5) is 26.3. The van der Waals surface area contributed by atoms with Crippen LogP contribution in [0.2, 0.25) is 0 Å². The van der Waals surface area contributed by atoms with Gasteiger partial charge in [0.25, 0.3) is 0 Å². The van der Waals surface area contributed by atoms with Gasteiger partial charge in [-0.1, -0.05) is 0 Å². The lowest BCUT2D eigenvalue weighted by molar-refractivity contribution is -0.143. The second-order valence-corrected chi connectivity index (χ2v) is 5.36. The molecule has 0 bridgehead atoms. The Balaban J connectivity index is 1.84. The van der Waals surface area contributed by atoms with E-state index < -0.39 is 11.9 Å². The first-order valence-electron chi connectivity index (χ1n) is 7.11. The molecule has 0 unspecified atom stereocenters. The Kier molecular flexibility index (Phi) is 5.14. The fourth-order valence-electron chi connectivity index (χ4n) is 2.63. The number of aliphatic carboxylic acids is 1. The van der Waals surface area contributed by atoms with Crippen molar-refractivity contribution in [3.05, 3.63) is 24.0 Å². The molecule has 1 fully saturated rings. The van der Waals surface area contributed by atoms with E-state index in [0.29, 0.717) is 5.92 Å². The molecule has 0 saturated heterocycles. The van der Waals surface area contributed by atoms with E-state index in [2.05, 4.69) is 15.0 Å². The van der Waals surface area contributed by atoms with E-state index >= 15 is 0 Å². The van der Waals surface area contributed by atoms with E-state index in [4.69, 9.17) is 5.11 Å². The van der Waals surface area contributed by atoms with Gasteiger partial charge in [0.05, 0.1) is 13.0 Å². The quantitative estimate of drug-likeness (QED) is 0.809. The summed E-state index contributed by atoms with van der Waals surface area (Å²) < 4.78 is 4.64. The molecular weight excluding hydrogens is 272 g/mol. The van der Waals surface area contributed by atoms with Crippen molar-refractivity contribution < 1.29 is 19.4 Å². The molecule has 0 amide bonds. The number of anilines is 1. The zero-order valence-electron chi connectivity index (χ0n) is 12.0. The van der Waals surface area contributed by atoms with Crippen molar-refractivity contribution in [1.82, 2.24) is 4.98 Å². The lowest BCUT2D eigenvalue weighted by atomic mass is 9.82. The first-order chi connectivity index (χ1) is 10.1. The molecule has 1 aromatic rings. The number of esters is 1. The van der Waals surface area contributed by atoms with Gasteiger partial charge >= 0.3 is 11.9 Å². The van der Waals surface area contributed by atoms with Crippen LogP contribution in [0.25, 0.3) is 0 Å².